The van der Waals surface area contributed by atoms with Crippen LogP contribution >= 0.6 is 50.2 Å². The summed E-state index contributed by atoms with van der Waals surface area (Å²) in [4.78, 5) is 5.67. The molecule has 0 saturated carbocycles. The van der Waals surface area contributed by atoms with Crippen LogP contribution in [0, 0.1) is 6.92 Å². The minimum Gasteiger partial charge on any atom is -0.311 e. The molecule has 92 valence electrons. The van der Waals surface area contributed by atoms with E-state index in [-0.39, 0.29) is 0 Å². The van der Waals surface area contributed by atoms with Gasteiger partial charge in [-0.25, -0.2) is 4.98 Å². The summed E-state index contributed by atoms with van der Waals surface area (Å²) in [6, 6.07) is 2.06. The van der Waals surface area contributed by atoms with Crippen molar-refractivity contribution in [3.63, 3.8) is 0 Å². The molecule has 0 bridgehead atoms. The Morgan fingerprint density at radius 3 is 2.94 bits per heavy atom. The van der Waals surface area contributed by atoms with Crippen LogP contribution in [0.5, 0.6) is 0 Å². The SMILES string of the molecule is Cc1nc(CCNCc2cc(Br)c(Cl)s2)cs1. The number of aryl methyl sites for hydroxylation is 1. The van der Waals surface area contributed by atoms with Gasteiger partial charge in [-0.15, -0.1) is 22.7 Å². The number of nitrogens with zero attached hydrogens (tertiary/aromatic N) is 1. The highest BCUT2D eigenvalue weighted by atomic mass is 79.9. The fourth-order valence-electron chi connectivity index (χ4n) is 1.43. The van der Waals surface area contributed by atoms with Gasteiger partial charge >= 0.3 is 0 Å². The van der Waals surface area contributed by atoms with E-state index in [1.807, 2.05) is 6.92 Å². The van der Waals surface area contributed by atoms with Crippen LogP contribution in [0.2, 0.25) is 4.34 Å². The van der Waals surface area contributed by atoms with Crippen molar-refractivity contribution in [1.29, 1.82) is 0 Å². The number of thiazole rings is 1. The van der Waals surface area contributed by atoms with E-state index in [2.05, 4.69) is 37.7 Å². The zero-order chi connectivity index (χ0) is 12.3. The van der Waals surface area contributed by atoms with Crippen molar-refractivity contribution in [3.8, 4) is 0 Å². The highest BCUT2D eigenvalue weighted by Crippen LogP contribution is 2.31. The van der Waals surface area contributed by atoms with Gasteiger partial charge in [-0.3, -0.25) is 0 Å². The van der Waals surface area contributed by atoms with Crippen molar-refractivity contribution in [3.05, 3.63) is 35.8 Å². The zero-order valence-corrected chi connectivity index (χ0v) is 13.3. The van der Waals surface area contributed by atoms with Gasteiger partial charge in [0.05, 0.1) is 10.7 Å². The third-order valence-electron chi connectivity index (χ3n) is 2.22. The average Bonchev–Trinajstić information content (AvgIpc) is 2.82. The second-order valence-corrected chi connectivity index (χ2v) is 7.27. The van der Waals surface area contributed by atoms with E-state index in [9.17, 15) is 0 Å². The van der Waals surface area contributed by atoms with Gasteiger partial charge in [0.15, 0.2) is 0 Å². The summed E-state index contributed by atoms with van der Waals surface area (Å²) in [5.74, 6) is 0. The number of nitrogens with one attached hydrogen (secondary N) is 1. The number of aromatic nitrogens is 1. The fourth-order valence-corrected chi connectivity index (χ4v) is 3.84. The predicted octanol–water partition coefficient (Wildman–Crippen LogP) is 4.26. The molecule has 1 N–H and O–H groups in total. The largest absolute Gasteiger partial charge is 0.311 e. The molecule has 2 aromatic heterocycles. The minimum atomic E-state index is 0.817. The van der Waals surface area contributed by atoms with Gasteiger partial charge in [0.25, 0.3) is 0 Å². The van der Waals surface area contributed by atoms with E-state index >= 15 is 0 Å². The summed E-state index contributed by atoms with van der Waals surface area (Å²) in [6.45, 7) is 3.84. The number of hydrogen-bond donors (Lipinski definition) is 1. The van der Waals surface area contributed by atoms with Crippen molar-refractivity contribution < 1.29 is 0 Å². The van der Waals surface area contributed by atoms with Crippen LogP contribution in [0.25, 0.3) is 0 Å². The maximum absolute atomic E-state index is 5.98. The molecule has 0 aliphatic carbocycles. The van der Waals surface area contributed by atoms with Crippen molar-refractivity contribution >= 4 is 50.2 Å². The molecule has 2 heterocycles. The lowest BCUT2D eigenvalue weighted by Crippen LogP contribution is -2.16. The van der Waals surface area contributed by atoms with E-state index in [0.717, 1.165) is 33.3 Å². The van der Waals surface area contributed by atoms with Gasteiger partial charge in [-0.05, 0) is 28.9 Å². The molecular formula is C11H12BrClN2S2. The molecule has 0 spiro atoms. The first-order valence-electron chi connectivity index (χ1n) is 5.20. The average molecular weight is 352 g/mol. The normalized spacial score (nSPS) is 11.0. The Balaban J connectivity index is 1.73. The van der Waals surface area contributed by atoms with Crippen molar-refractivity contribution in [2.45, 2.75) is 19.9 Å². The monoisotopic (exact) mass is 350 g/mol. The Bertz CT molecular complexity index is 476. The third-order valence-corrected chi connectivity index (χ3v) is 5.52. The molecule has 0 radical (unpaired) electrons. The first-order valence-corrected chi connectivity index (χ1v) is 8.07. The van der Waals surface area contributed by atoms with E-state index in [4.69, 9.17) is 11.6 Å². The van der Waals surface area contributed by atoms with Crippen LogP contribution in [-0.4, -0.2) is 11.5 Å². The quantitative estimate of drug-likeness (QED) is 0.814. The Kier molecular flexibility index (Phi) is 4.99. The Morgan fingerprint density at radius 2 is 2.35 bits per heavy atom. The Morgan fingerprint density at radius 1 is 1.53 bits per heavy atom. The molecule has 17 heavy (non-hydrogen) atoms. The van der Waals surface area contributed by atoms with Gasteiger partial charge in [-0.2, -0.15) is 0 Å². The van der Waals surface area contributed by atoms with Gasteiger partial charge in [0, 0.05) is 34.2 Å². The van der Waals surface area contributed by atoms with Gasteiger partial charge in [0.1, 0.15) is 4.34 Å². The van der Waals surface area contributed by atoms with Gasteiger partial charge < -0.3 is 5.32 Å². The number of thiophene rings is 1. The summed E-state index contributed by atoms with van der Waals surface area (Å²) in [5, 5.41) is 6.65. The summed E-state index contributed by atoms with van der Waals surface area (Å²) >= 11 is 12.7. The first kappa shape index (κ1) is 13.5. The molecule has 0 amide bonds. The molecule has 0 aromatic carbocycles. The fraction of sp³-hybridized carbons (Fsp3) is 0.364. The smallest absolute Gasteiger partial charge is 0.107 e. The maximum atomic E-state index is 5.98. The summed E-state index contributed by atoms with van der Waals surface area (Å²) in [7, 11) is 0. The Labute approximate surface area is 122 Å². The van der Waals surface area contributed by atoms with Crippen molar-refractivity contribution in [2.24, 2.45) is 0 Å². The summed E-state index contributed by atoms with van der Waals surface area (Å²) in [6.07, 6.45) is 0.977. The van der Waals surface area contributed by atoms with E-state index in [1.165, 1.54) is 10.6 Å². The number of halogens is 2. The molecule has 2 nitrogen and oxygen atoms in total. The van der Waals surface area contributed by atoms with Crippen molar-refractivity contribution in [2.75, 3.05) is 6.54 Å². The standard InChI is InChI=1S/C11H12BrClN2S2/c1-7-15-8(6-16-7)2-3-14-5-9-4-10(12)11(13)17-9/h4,6,14H,2-3,5H2,1H3. The third kappa shape index (κ3) is 4.03. The molecule has 0 atom stereocenters. The Hall–Kier alpha value is 0.0600. The maximum Gasteiger partial charge on any atom is 0.107 e. The van der Waals surface area contributed by atoms with Crippen LogP contribution in [0.15, 0.2) is 15.9 Å². The van der Waals surface area contributed by atoms with Gasteiger partial charge in [-0.1, -0.05) is 11.6 Å². The second-order valence-electron chi connectivity index (χ2n) is 3.62. The lowest BCUT2D eigenvalue weighted by molar-refractivity contribution is 0.687. The molecule has 0 aliphatic rings. The van der Waals surface area contributed by atoms with Crippen LogP contribution in [0.4, 0.5) is 0 Å². The van der Waals surface area contributed by atoms with Crippen LogP contribution in [-0.2, 0) is 13.0 Å². The summed E-state index contributed by atoms with van der Waals surface area (Å²) < 4.78 is 1.80. The van der Waals surface area contributed by atoms with Crippen molar-refractivity contribution in [1.82, 2.24) is 10.3 Å². The number of rotatable bonds is 5. The molecule has 2 rings (SSSR count). The zero-order valence-electron chi connectivity index (χ0n) is 9.30. The van der Waals surface area contributed by atoms with E-state index in [1.54, 1.807) is 22.7 Å². The van der Waals surface area contributed by atoms with E-state index in [0.29, 0.717) is 0 Å². The van der Waals surface area contributed by atoms with Crippen LogP contribution < -0.4 is 5.32 Å². The highest BCUT2D eigenvalue weighted by molar-refractivity contribution is 9.10. The highest BCUT2D eigenvalue weighted by Gasteiger charge is 2.04. The molecule has 6 heteroatoms. The second kappa shape index (κ2) is 6.29. The van der Waals surface area contributed by atoms with Crippen LogP contribution in [0.1, 0.15) is 15.6 Å². The summed E-state index contributed by atoms with van der Waals surface area (Å²) in [5.41, 5.74) is 1.17. The van der Waals surface area contributed by atoms with E-state index < -0.39 is 0 Å². The first-order chi connectivity index (χ1) is 8.15. The lowest BCUT2D eigenvalue weighted by atomic mass is 10.3. The molecule has 0 aliphatic heterocycles. The molecular weight excluding hydrogens is 340 g/mol. The molecule has 0 saturated heterocycles. The topological polar surface area (TPSA) is 24.9 Å². The molecule has 0 fully saturated rings. The van der Waals surface area contributed by atoms with Crippen LogP contribution in [0.3, 0.4) is 0 Å². The number of hydrogen-bond acceptors (Lipinski definition) is 4. The molecule has 2 aromatic rings. The van der Waals surface area contributed by atoms with Gasteiger partial charge in [0.2, 0.25) is 0 Å². The molecule has 0 unspecified atom stereocenters. The predicted molar refractivity (Wildman–Crippen MR) is 79.3 cm³/mol. The minimum absolute atomic E-state index is 0.817. The lowest BCUT2D eigenvalue weighted by Gasteiger charge is -2.00.